The van der Waals surface area contributed by atoms with E-state index in [0.717, 1.165) is 31.4 Å². The van der Waals surface area contributed by atoms with Crippen molar-refractivity contribution in [3.63, 3.8) is 0 Å². The van der Waals surface area contributed by atoms with Gasteiger partial charge in [-0.2, -0.15) is 0 Å². The average molecular weight is 391 g/mol. The molecule has 2 aliphatic heterocycles. The van der Waals surface area contributed by atoms with Crippen LogP contribution >= 0.6 is 0 Å². The molecule has 0 saturated carbocycles. The number of morpholine rings is 1. The second-order valence-electron chi connectivity index (χ2n) is 7.11. The van der Waals surface area contributed by atoms with Crippen LogP contribution in [0, 0.1) is 11.6 Å². The lowest BCUT2D eigenvalue weighted by Crippen LogP contribution is -2.50. The largest absolute Gasteiger partial charge is 0.374 e. The smallest absolute Gasteiger partial charge is 0.315 e. The van der Waals surface area contributed by atoms with Crippen LogP contribution < -0.4 is 16.0 Å². The number of benzene rings is 1. The zero-order chi connectivity index (χ0) is 19.5. The highest BCUT2D eigenvalue weighted by molar-refractivity contribution is 5.74. The first-order valence-corrected chi connectivity index (χ1v) is 9.46. The van der Waals surface area contributed by atoms with Crippen molar-refractivity contribution in [3.05, 3.63) is 41.9 Å². The number of fused-ring (bicyclic) bond motifs is 1. The van der Waals surface area contributed by atoms with Crippen molar-refractivity contribution in [3.8, 4) is 11.3 Å². The summed E-state index contributed by atoms with van der Waals surface area (Å²) in [4.78, 5) is 16.6. The molecule has 2 atom stereocenters. The van der Waals surface area contributed by atoms with Crippen molar-refractivity contribution in [2.75, 3.05) is 26.2 Å². The number of carbonyl (C=O) groups is 1. The summed E-state index contributed by atoms with van der Waals surface area (Å²) in [5.41, 5.74) is 0.742. The molecule has 1 saturated heterocycles. The number of rotatable bonds is 4. The number of nitrogens with zero attached hydrogens (tertiary/aromatic N) is 2. The second-order valence-corrected chi connectivity index (χ2v) is 7.11. The molecule has 3 N–H and O–H groups in total. The highest BCUT2D eigenvalue weighted by Crippen LogP contribution is 2.25. The summed E-state index contributed by atoms with van der Waals surface area (Å²) >= 11 is 0. The zero-order valence-corrected chi connectivity index (χ0v) is 15.4. The summed E-state index contributed by atoms with van der Waals surface area (Å²) in [5, 5.41) is 9.03. The first-order chi connectivity index (χ1) is 13.6. The van der Waals surface area contributed by atoms with Crippen molar-refractivity contribution < 1.29 is 18.3 Å². The lowest BCUT2D eigenvalue weighted by molar-refractivity contribution is 0.0307. The molecular formula is C19H23F2N5O2. The van der Waals surface area contributed by atoms with Crippen LogP contribution in [0.15, 0.2) is 24.4 Å². The lowest BCUT2D eigenvalue weighted by Gasteiger charge is -2.26. The van der Waals surface area contributed by atoms with Gasteiger partial charge in [-0.15, -0.1) is 0 Å². The fourth-order valence-electron chi connectivity index (χ4n) is 3.58. The molecule has 2 aromatic rings. The third-order valence-electron chi connectivity index (χ3n) is 5.03. The first kappa shape index (κ1) is 18.8. The molecular weight excluding hydrogens is 368 g/mol. The number of imidazole rings is 1. The SMILES string of the molecule is O=C(NCC1CNCCO1)NC1CCc2nc(-c3ccc(F)cc3F)cn2C1. The normalized spacial score (nSPS) is 21.8. The Labute approximate surface area is 161 Å². The van der Waals surface area contributed by atoms with Crippen LogP contribution in [0.3, 0.4) is 0 Å². The molecule has 4 rings (SSSR count). The van der Waals surface area contributed by atoms with Crippen molar-refractivity contribution >= 4 is 6.03 Å². The molecule has 2 aliphatic rings. The Hall–Kier alpha value is -2.52. The van der Waals surface area contributed by atoms with Gasteiger partial charge in [0, 0.05) is 56.5 Å². The van der Waals surface area contributed by atoms with Gasteiger partial charge < -0.3 is 25.3 Å². The summed E-state index contributed by atoms with van der Waals surface area (Å²) in [7, 11) is 0. The van der Waals surface area contributed by atoms with E-state index in [4.69, 9.17) is 4.74 Å². The predicted octanol–water partition coefficient (Wildman–Crippen LogP) is 1.43. The van der Waals surface area contributed by atoms with Crippen molar-refractivity contribution in [1.29, 1.82) is 0 Å². The van der Waals surface area contributed by atoms with E-state index in [2.05, 4.69) is 20.9 Å². The predicted molar refractivity (Wildman–Crippen MR) is 98.8 cm³/mol. The number of amides is 2. The molecule has 2 unspecified atom stereocenters. The molecule has 1 fully saturated rings. The van der Waals surface area contributed by atoms with E-state index in [1.54, 1.807) is 6.20 Å². The highest BCUT2D eigenvalue weighted by Gasteiger charge is 2.23. The number of carbonyl (C=O) groups excluding carboxylic acids is 1. The number of ether oxygens (including phenoxy) is 1. The molecule has 3 heterocycles. The standard InChI is InChI=1S/C19H23F2N5O2/c20-12-1-3-15(16(21)7-12)17-11-26-10-13(2-4-18(26)25-17)24-19(27)23-9-14-8-22-5-6-28-14/h1,3,7,11,13-14,22H,2,4-6,8-10H2,(H2,23,24,27). The molecule has 150 valence electrons. The number of nitrogens with one attached hydrogen (secondary N) is 3. The molecule has 0 spiro atoms. The Morgan fingerprint density at radius 1 is 1.39 bits per heavy atom. The van der Waals surface area contributed by atoms with Gasteiger partial charge in [-0.1, -0.05) is 0 Å². The highest BCUT2D eigenvalue weighted by atomic mass is 19.1. The molecule has 9 heteroatoms. The third-order valence-corrected chi connectivity index (χ3v) is 5.03. The van der Waals surface area contributed by atoms with E-state index < -0.39 is 11.6 Å². The monoisotopic (exact) mass is 391 g/mol. The van der Waals surface area contributed by atoms with E-state index in [9.17, 15) is 13.6 Å². The van der Waals surface area contributed by atoms with E-state index in [-0.39, 0.29) is 23.7 Å². The molecule has 0 radical (unpaired) electrons. The number of halogens is 2. The Morgan fingerprint density at radius 3 is 3.07 bits per heavy atom. The van der Waals surface area contributed by atoms with E-state index >= 15 is 0 Å². The van der Waals surface area contributed by atoms with Crippen molar-refractivity contribution in [2.24, 2.45) is 0 Å². The minimum atomic E-state index is -0.635. The summed E-state index contributed by atoms with van der Waals surface area (Å²) in [6.45, 7) is 3.22. The molecule has 28 heavy (non-hydrogen) atoms. The molecule has 1 aromatic carbocycles. The van der Waals surface area contributed by atoms with Gasteiger partial charge in [0.25, 0.3) is 0 Å². The van der Waals surface area contributed by atoms with E-state index in [0.29, 0.717) is 31.8 Å². The number of aromatic nitrogens is 2. The van der Waals surface area contributed by atoms with Gasteiger partial charge in [0.2, 0.25) is 0 Å². The maximum atomic E-state index is 14.0. The lowest BCUT2D eigenvalue weighted by atomic mass is 10.1. The topological polar surface area (TPSA) is 80.2 Å². The van der Waals surface area contributed by atoms with Crippen LogP contribution in [0.4, 0.5) is 13.6 Å². The Balaban J connectivity index is 1.34. The summed E-state index contributed by atoms with van der Waals surface area (Å²) < 4.78 is 34.6. The van der Waals surface area contributed by atoms with Gasteiger partial charge in [0.05, 0.1) is 18.4 Å². The van der Waals surface area contributed by atoms with Crippen LogP contribution in [0.5, 0.6) is 0 Å². The Morgan fingerprint density at radius 2 is 2.29 bits per heavy atom. The number of aryl methyl sites for hydroxylation is 1. The fourth-order valence-corrected chi connectivity index (χ4v) is 3.58. The molecule has 0 aliphatic carbocycles. The molecule has 1 aromatic heterocycles. The molecule has 7 nitrogen and oxygen atoms in total. The number of hydrogen-bond acceptors (Lipinski definition) is 4. The van der Waals surface area contributed by atoms with E-state index in [1.807, 2.05) is 4.57 Å². The van der Waals surface area contributed by atoms with Gasteiger partial charge in [-0.25, -0.2) is 18.6 Å². The molecule has 0 bridgehead atoms. The van der Waals surface area contributed by atoms with Gasteiger partial charge in [-0.05, 0) is 18.6 Å². The maximum Gasteiger partial charge on any atom is 0.315 e. The first-order valence-electron chi connectivity index (χ1n) is 9.46. The Kier molecular flexibility index (Phi) is 5.54. The second kappa shape index (κ2) is 8.24. The Bertz CT molecular complexity index is 851. The van der Waals surface area contributed by atoms with Gasteiger partial charge in [0.1, 0.15) is 17.5 Å². The van der Waals surface area contributed by atoms with Crippen LogP contribution in [0.1, 0.15) is 12.2 Å². The maximum absolute atomic E-state index is 14.0. The average Bonchev–Trinajstić information content (AvgIpc) is 3.10. The number of urea groups is 1. The molecule has 2 amide bonds. The van der Waals surface area contributed by atoms with Crippen LogP contribution in [-0.2, 0) is 17.7 Å². The quantitative estimate of drug-likeness (QED) is 0.737. The third kappa shape index (κ3) is 4.31. The minimum Gasteiger partial charge on any atom is -0.374 e. The van der Waals surface area contributed by atoms with Crippen LogP contribution in [0.2, 0.25) is 0 Å². The van der Waals surface area contributed by atoms with Crippen LogP contribution in [-0.4, -0.2) is 54.0 Å². The van der Waals surface area contributed by atoms with Crippen molar-refractivity contribution in [1.82, 2.24) is 25.5 Å². The van der Waals surface area contributed by atoms with Gasteiger partial charge >= 0.3 is 6.03 Å². The minimum absolute atomic E-state index is 0.0146. The van der Waals surface area contributed by atoms with Gasteiger partial charge in [0.15, 0.2) is 0 Å². The van der Waals surface area contributed by atoms with Gasteiger partial charge in [-0.3, -0.25) is 0 Å². The summed E-state index contributed by atoms with van der Waals surface area (Å²) in [6, 6.07) is 3.19. The zero-order valence-electron chi connectivity index (χ0n) is 15.4. The van der Waals surface area contributed by atoms with Crippen LogP contribution in [0.25, 0.3) is 11.3 Å². The summed E-state index contributed by atoms with van der Waals surface area (Å²) in [5.74, 6) is -0.419. The summed E-state index contributed by atoms with van der Waals surface area (Å²) in [6.07, 6.45) is 3.15. The number of hydrogen-bond donors (Lipinski definition) is 3. The van der Waals surface area contributed by atoms with E-state index in [1.165, 1.54) is 12.1 Å². The fraction of sp³-hybridized carbons (Fsp3) is 0.474. The van der Waals surface area contributed by atoms with Crippen molar-refractivity contribution in [2.45, 2.75) is 31.5 Å².